The van der Waals surface area contributed by atoms with Crippen molar-refractivity contribution in [2.45, 2.75) is 12.1 Å². The number of hydrogen-bond acceptors (Lipinski definition) is 3. The van der Waals surface area contributed by atoms with E-state index in [0.717, 1.165) is 7.05 Å². The van der Waals surface area contributed by atoms with Crippen LogP contribution in [-0.2, 0) is 22.1 Å². The largest absolute Gasteiger partial charge is 0.361 e. The van der Waals surface area contributed by atoms with E-state index in [9.17, 15) is 8.42 Å². The zero-order valence-corrected chi connectivity index (χ0v) is 12.3. The summed E-state index contributed by atoms with van der Waals surface area (Å²) in [6, 6.07) is -1.87. The number of benzene rings is 1. The maximum absolute atomic E-state index is 12.1. The van der Waals surface area contributed by atoms with E-state index >= 15 is 0 Å². The Morgan fingerprint density at radius 3 is 2.85 bits per heavy atom. The first-order valence-corrected chi connectivity index (χ1v) is 7.37. The average molecular weight is 302 g/mol. The maximum atomic E-state index is 12.1. The number of H-pyrrole nitrogens is 1. The molecule has 0 fully saturated rings. The Labute approximate surface area is 129 Å². The third kappa shape index (κ3) is 3.59. The predicted molar refractivity (Wildman–Crippen MR) is 82.2 cm³/mol. The van der Waals surface area contributed by atoms with Gasteiger partial charge in [-0.1, -0.05) is 6.04 Å². The molecule has 20 heavy (non-hydrogen) atoms. The highest BCUT2D eigenvalue weighted by Gasteiger charge is 2.11. The van der Waals surface area contributed by atoms with Crippen LogP contribution in [0.1, 0.15) is 20.7 Å². The molecule has 0 spiro atoms. The third-order valence-corrected chi connectivity index (χ3v) is 3.54. The Morgan fingerprint density at radius 1 is 1.45 bits per heavy atom. The smallest absolute Gasteiger partial charge is 0.215 e. The van der Waals surface area contributed by atoms with Crippen LogP contribution >= 0.6 is 0 Å². The van der Waals surface area contributed by atoms with Gasteiger partial charge in [-0.15, -0.1) is 0 Å². The van der Waals surface area contributed by atoms with Gasteiger partial charge in [0.2, 0.25) is 10.0 Å². The highest BCUT2D eigenvalue weighted by molar-refractivity contribution is 7.88. The number of aromatic amines is 1. The molecule has 1 aromatic carbocycles. The molecule has 1 aromatic heterocycles. The number of aromatic nitrogens is 1. The first-order valence-electron chi connectivity index (χ1n) is 9.38. The molecule has 0 atom stereocenters. The Kier molecular flexibility index (Phi) is 2.43. The van der Waals surface area contributed by atoms with Gasteiger partial charge in [0.1, 0.15) is 0 Å². The predicted octanol–water partition coefficient (Wildman–Crippen LogP) is 1.32. The molecule has 0 amide bonds. The Hall–Kier alpha value is -1.37. The number of nitrogens with one attached hydrogen (secondary N) is 2. The van der Waals surface area contributed by atoms with Crippen LogP contribution in [0.4, 0.5) is 0 Å². The minimum atomic E-state index is -4.58. The van der Waals surface area contributed by atoms with Crippen LogP contribution in [0.5, 0.6) is 0 Å². The molecule has 0 bridgehead atoms. The zero-order valence-electron chi connectivity index (χ0n) is 18.5. The summed E-state index contributed by atoms with van der Waals surface area (Å²) >= 11 is 0. The molecule has 0 aliphatic rings. The van der Waals surface area contributed by atoms with E-state index in [0.29, 0.717) is 0 Å². The van der Waals surface area contributed by atoms with Gasteiger partial charge in [-0.3, -0.25) is 0 Å². The highest BCUT2D eigenvalue weighted by Crippen LogP contribution is 2.21. The lowest BCUT2D eigenvalue weighted by atomic mass is 10.1. The van der Waals surface area contributed by atoms with E-state index in [2.05, 4.69) is 4.98 Å². The van der Waals surface area contributed by atoms with E-state index in [4.69, 9.17) is 9.60 Å². The number of likely N-dealkylation sites (N-methyl/N-ethyl adjacent to an activating group) is 1. The lowest BCUT2D eigenvalue weighted by Gasteiger charge is -2.08. The van der Waals surface area contributed by atoms with Gasteiger partial charge in [0.15, 0.2) is 0 Å². The summed E-state index contributed by atoms with van der Waals surface area (Å²) in [6.07, 6.45) is -0.686. The third-order valence-electron chi connectivity index (χ3n) is 2.53. The van der Waals surface area contributed by atoms with Crippen LogP contribution in [0.3, 0.4) is 0 Å². The lowest BCUT2D eigenvalue weighted by Crippen LogP contribution is -2.20. The van der Waals surface area contributed by atoms with Crippen LogP contribution in [0.2, 0.25) is 0 Å². The van der Waals surface area contributed by atoms with E-state index in [1.54, 1.807) is 19.0 Å². The fourth-order valence-electron chi connectivity index (χ4n) is 1.55. The fraction of sp³-hybridized carbons (Fsp3) is 0.429. The van der Waals surface area contributed by atoms with Crippen molar-refractivity contribution < 1.29 is 18.0 Å². The fourth-order valence-corrected chi connectivity index (χ4v) is 2.02. The minimum Gasteiger partial charge on any atom is -0.361 e. The van der Waals surface area contributed by atoms with Crippen molar-refractivity contribution in [2.24, 2.45) is 0 Å². The second kappa shape index (κ2) is 5.95. The van der Waals surface area contributed by atoms with Crippen molar-refractivity contribution in [3.63, 3.8) is 0 Å². The summed E-state index contributed by atoms with van der Waals surface area (Å²) in [5.41, 5.74) is -3.95. The Bertz CT molecular complexity index is 986. The zero-order chi connectivity index (χ0) is 20.9. The van der Waals surface area contributed by atoms with Crippen molar-refractivity contribution in [3.8, 4) is 0 Å². The first kappa shape index (κ1) is 8.17. The van der Waals surface area contributed by atoms with Gasteiger partial charge in [-0.2, -0.15) is 0 Å². The van der Waals surface area contributed by atoms with Crippen LogP contribution in [0.15, 0.2) is 24.3 Å². The molecule has 2 rings (SSSR count). The standard InChI is InChI=1S/C14H21N3O2S/c1-15-20(18,19)10-11-4-5-14-13(8-11)12(9-16-14)6-7-17(2)3/h4-5,8-9,15-16H,6-7,10H2,1-3H3/i4D,5D,6D2,8D,10D2. The molecule has 110 valence electrons. The number of fused-ring (bicyclic) bond motifs is 1. The molecule has 5 nitrogen and oxygen atoms in total. The Balaban J connectivity index is 2.93. The number of sulfonamides is 1. The molecule has 2 aromatic rings. The van der Waals surface area contributed by atoms with Gasteiger partial charge in [0.05, 0.1) is 9.82 Å². The molecule has 1 heterocycles. The summed E-state index contributed by atoms with van der Waals surface area (Å²) < 4.78 is 83.2. The molecule has 0 aliphatic carbocycles. The average Bonchev–Trinajstić information content (AvgIpc) is 2.97. The summed E-state index contributed by atoms with van der Waals surface area (Å²) in [7, 11) is -0.247. The second-order valence-corrected chi connectivity index (χ2v) is 6.05. The molecule has 0 saturated carbocycles. The minimum absolute atomic E-state index is 0.00334. The second-order valence-electron chi connectivity index (χ2n) is 4.43. The maximum Gasteiger partial charge on any atom is 0.215 e. The van der Waals surface area contributed by atoms with Crippen LogP contribution in [-0.4, -0.2) is 46.0 Å². The van der Waals surface area contributed by atoms with Gasteiger partial charge < -0.3 is 9.88 Å². The molecule has 0 aliphatic heterocycles. The quantitative estimate of drug-likeness (QED) is 0.846. The number of rotatable bonds is 6. The van der Waals surface area contributed by atoms with Crippen molar-refractivity contribution >= 4 is 20.9 Å². The van der Waals surface area contributed by atoms with E-state index in [1.807, 2.05) is 4.72 Å². The van der Waals surface area contributed by atoms with Gasteiger partial charge in [0.25, 0.3) is 0 Å². The molecule has 6 heteroatoms. The molecular formula is C14H21N3O2S. The molecular weight excluding hydrogens is 274 g/mol. The highest BCUT2D eigenvalue weighted by atomic mass is 32.2. The van der Waals surface area contributed by atoms with Crippen LogP contribution < -0.4 is 4.72 Å². The van der Waals surface area contributed by atoms with E-state index < -0.39 is 45.8 Å². The normalized spacial score (nSPS) is 18.9. The monoisotopic (exact) mass is 302 g/mol. The van der Waals surface area contributed by atoms with Gasteiger partial charge in [0, 0.05) is 29.1 Å². The summed E-state index contributed by atoms with van der Waals surface area (Å²) in [4.78, 5) is 4.27. The molecule has 0 radical (unpaired) electrons. The van der Waals surface area contributed by atoms with Crippen molar-refractivity contribution in [3.05, 3.63) is 35.5 Å². The topological polar surface area (TPSA) is 65.2 Å². The first-order chi connectivity index (χ1) is 12.2. The van der Waals surface area contributed by atoms with Crippen molar-refractivity contribution in [2.75, 3.05) is 27.7 Å². The van der Waals surface area contributed by atoms with Crippen molar-refractivity contribution in [1.82, 2.24) is 14.6 Å². The van der Waals surface area contributed by atoms with Crippen LogP contribution in [0.25, 0.3) is 10.9 Å². The number of nitrogens with zero attached hydrogens (tertiary/aromatic N) is 1. The van der Waals surface area contributed by atoms with Crippen LogP contribution in [0, 0.1) is 0 Å². The van der Waals surface area contributed by atoms with Gasteiger partial charge >= 0.3 is 0 Å². The summed E-state index contributed by atoms with van der Waals surface area (Å²) in [5, 5.41) is -0.104. The summed E-state index contributed by atoms with van der Waals surface area (Å²) in [6.45, 7) is -0.0492. The summed E-state index contributed by atoms with van der Waals surface area (Å²) in [5.74, 6) is 0. The SMILES string of the molecule is [2H]c1c(C([2H])([2H])S(=O)(=O)NC)c([2H])c2c(C([2H])([2H])CN(C)C)c[nH]c2c1[2H]. The Morgan fingerprint density at radius 2 is 2.20 bits per heavy atom. The molecule has 0 saturated heterocycles. The molecule has 0 unspecified atom stereocenters. The number of hydrogen-bond donors (Lipinski definition) is 2. The van der Waals surface area contributed by atoms with E-state index in [1.165, 1.54) is 6.20 Å². The van der Waals surface area contributed by atoms with Gasteiger partial charge in [-0.05, 0) is 50.7 Å². The van der Waals surface area contributed by atoms with Crippen molar-refractivity contribution in [1.29, 1.82) is 0 Å². The molecule has 2 N–H and O–H groups in total. The lowest BCUT2D eigenvalue weighted by molar-refractivity contribution is 0.414. The van der Waals surface area contributed by atoms with Gasteiger partial charge in [-0.25, -0.2) is 13.1 Å². The van der Waals surface area contributed by atoms with E-state index in [-0.39, 0.29) is 23.0 Å².